The van der Waals surface area contributed by atoms with Crippen molar-refractivity contribution in [3.63, 3.8) is 0 Å². The maximum atomic E-state index is 12.5. The number of aromatic nitrogens is 2. The SMILES string of the molecule is COc1ccc(-c2nnc(S(=O)(=O)CC(=O)NC3CCCCC3)o2)cc1OC. The van der Waals surface area contributed by atoms with Crippen molar-refractivity contribution < 1.29 is 27.1 Å². The Morgan fingerprint density at radius 3 is 2.54 bits per heavy atom. The number of nitrogens with zero attached hydrogens (tertiary/aromatic N) is 2. The fourth-order valence-electron chi connectivity index (χ4n) is 3.17. The molecule has 0 spiro atoms. The molecule has 9 nitrogen and oxygen atoms in total. The summed E-state index contributed by atoms with van der Waals surface area (Å²) < 4.78 is 40.6. The monoisotopic (exact) mass is 409 g/mol. The van der Waals surface area contributed by atoms with Gasteiger partial charge in [0, 0.05) is 11.6 Å². The zero-order valence-electron chi connectivity index (χ0n) is 15.8. The van der Waals surface area contributed by atoms with Gasteiger partial charge in [0.05, 0.1) is 14.2 Å². The fraction of sp³-hybridized carbons (Fsp3) is 0.500. The lowest BCUT2D eigenvalue weighted by molar-refractivity contribution is -0.119. The zero-order chi connectivity index (χ0) is 20.1. The van der Waals surface area contributed by atoms with E-state index in [9.17, 15) is 13.2 Å². The van der Waals surface area contributed by atoms with E-state index >= 15 is 0 Å². The highest BCUT2D eigenvalue weighted by Gasteiger charge is 2.28. The van der Waals surface area contributed by atoms with E-state index in [1.165, 1.54) is 14.2 Å². The van der Waals surface area contributed by atoms with Crippen LogP contribution in [0.3, 0.4) is 0 Å². The minimum Gasteiger partial charge on any atom is -0.493 e. The van der Waals surface area contributed by atoms with Gasteiger partial charge in [-0.1, -0.05) is 24.4 Å². The summed E-state index contributed by atoms with van der Waals surface area (Å²) in [6.07, 6.45) is 4.96. The van der Waals surface area contributed by atoms with Gasteiger partial charge < -0.3 is 19.2 Å². The Balaban J connectivity index is 1.72. The van der Waals surface area contributed by atoms with Gasteiger partial charge in [0.15, 0.2) is 11.5 Å². The van der Waals surface area contributed by atoms with Crippen molar-refractivity contribution >= 4 is 15.7 Å². The van der Waals surface area contributed by atoms with Crippen LogP contribution in [0.2, 0.25) is 0 Å². The molecule has 2 aromatic rings. The number of nitrogens with one attached hydrogen (secondary N) is 1. The van der Waals surface area contributed by atoms with E-state index in [2.05, 4.69) is 15.5 Å². The number of hydrogen-bond acceptors (Lipinski definition) is 8. The number of sulfone groups is 1. The molecule has 1 saturated carbocycles. The fourth-order valence-corrected chi connectivity index (χ4v) is 4.10. The predicted molar refractivity (Wildman–Crippen MR) is 99.9 cm³/mol. The van der Waals surface area contributed by atoms with Crippen LogP contribution in [0, 0.1) is 0 Å². The molecule has 0 saturated heterocycles. The van der Waals surface area contributed by atoms with E-state index in [-0.39, 0.29) is 11.9 Å². The van der Waals surface area contributed by atoms with Crippen LogP contribution in [-0.2, 0) is 14.6 Å². The standard InChI is InChI=1S/C18H23N3O6S/c1-25-14-9-8-12(10-15(14)26-2)17-20-21-18(27-17)28(23,24)11-16(22)19-13-6-4-3-5-7-13/h8-10,13H,3-7,11H2,1-2H3,(H,19,22). The molecular formula is C18H23N3O6S. The Morgan fingerprint density at radius 2 is 1.86 bits per heavy atom. The van der Waals surface area contributed by atoms with Crippen LogP contribution in [-0.4, -0.2) is 50.5 Å². The van der Waals surface area contributed by atoms with Gasteiger partial charge in [-0.2, -0.15) is 0 Å². The maximum absolute atomic E-state index is 12.5. The number of carbonyl (C=O) groups is 1. The average molecular weight is 409 g/mol. The molecule has 1 amide bonds. The molecule has 152 valence electrons. The van der Waals surface area contributed by atoms with Crippen molar-refractivity contribution in [1.82, 2.24) is 15.5 Å². The number of ether oxygens (including phenoxy) is 2. The molecule has 1 fully saturated rings. The molecule has 0 unspecified atom stereocenters. The Labute approximate surface area is 163 Å². The lowest BCUT2D eigenvalue weighted by Crippen LogP contribution is -2.39. The molecule has 0 aliphatic heterocycles. The number of carbonyl (C=O) groups excluding carboxylic acids is 1. The number of rotatable bonds is 7. The highest BCUT2D eigenvalue weighted by molar-refractivity contribution is 7.91. The first kappa shape index (κ1) is 20.1. The topological polar surface area (TPSA) is 121 Å². The molecule has 1 heterocycles. The lowest BCUT2D eigenvalue weighted by Gasteiger charge is -2.22. The van der Waals surface area contributed by atoms with Crippen LogP contribution < -0.4 is 14.8 Å². The minimum absolute atomic E-state index is 0.00668. The number of benzene rings is 1. The molecule has 0 atom stereocenters. The summed E-state index contributed by atoms with van der Waals surface area (Å²) in [6.45, 7) is 0. The first-order valence-corrected chi connectivity index (χ1v) is 10.7. The van der Waals surface area contributed by atoms with Crippen molar-refractivity contribution in [3.8, 4) is 23.0 Å². The van der Waals surface area contributed by atoms with Gasteiger partial charge in [0.2, 0.25) is 21.6 Å². The molecule has 10 heteroatoms. The quantitative estimate of drug-likeness (QED) is 0.737. The maximum Gasteiger partial charge on any atom is 0.336 e. The Bertz CT molecular complexity index is 935. The molecule has 1 N–H and O–H groups in total. The summed E-state index contributed by atoms with van der Waals surface area (Å²) in [6, 6.07) is 4.91. The molecule has 3 rings (SSSR count). The summed E-state index contributed by atoms with van der Waals surface area (Å²) in [4.78, 5) is 12.1. The first-order chi connectivity index (χ1) is 13.4. The van der Waals surface area contributed by atoms with Gasteiger partial charge in [0.1, 0.15) is 5.75 Å². The summed E-state index contributed by atoms with van der Waals surface area (Å²) in [5, 5.41) is 9.57. The van der Waals surface area contributed by atoms with Gasteiger partial charge >= 0.3 is 5.22 Å². The zero-order valence-corrected chi connectivity index (χ0v) is 16.6. The predicted octanol–water partition coefficient (Wildman–Crippen LogP) is 1.98. The third kappa shape index (κ3) is 4.61. The van der Waals surface area contributed by atoms with Crippen molar-refractivity contribution in [1.29, 1.82) is 0 Å². The van der Waals surface area contributed by atoms with Gasteiger partial charge in [-0.05, 0) is 31.0 Å². The van der Waals surface area contributed by atoms with E-state index in [0.29, 0.717) is 17.1 Å². The van der Waals surface area contributed by atoms with Crippen LogP contribution in [0.15, 0.2) is 27.8 Å². The van der Waals surface area contributed by atoms with E-state index < -0.39 is 26.7 Å². The van der Waals surface area contributed by atoms with Crippen LogP contribution in [0.5, 0.6) is 11.5 Å². The van der Waals surface area contributed by atoms with E-state index in [1.54, 1.807) is 18.2 Å². The van der Waals surface area contributed by atoms with Gasteiger partial charge in [-0.25, -0.2) is 8.42 Å². The second-order valence-electron chi connectivity index (χ2n) is 6.60. The highest BCUT2D eigenvalue weighted by Crippen LogP contribution is 2.32. The van der Waals surface area contributed by atoms with Crippen molar-refractivity contribution in [2.24, 2.45) is 0 Å². The second-order valence-corrected chi connectivity index (χ2v) is 8.47. The summed E-state index contributed by atoms with van der Waals surface area (Å²) in [5.41, 5.74) is 0.471. The normalized spacial score (nSPS) is 15.2. The minimum atomic E-state index is -4.03. The van der Waals surface area contributed by atoms with Crippen molar-refractivity contribution in [2.45, 2.75) is 43.4 Å². The lowest BCUT2D eigenvalue weighted by atomic mass is 9.95. The van der Waals surface area contributed by atoms with E-state index in [0.717, 1.165) is 32.1 Å². The summed E-state index contributed by atoms with van der Waals surface area (Å²) in [5.74, 6) is -0.325. The largest absolute Gasteiger partial charge is 0.493 e. The Hall–Kier alpha value is -2.62. The van der Waals surface area contributed by atoms with Crippen LogP contribution >= 0.6 is 0 Å². The molecule has 0 bridgehead atoms. The molecule has 0 radical (unpaired) electrons. The van der Waals surface area contributed by atoms with Crippen molar-refractivity contribution in [3.05, 3.63) is 18.2 Å². The first-order valence-electron chi connectivity index (χ1n) is 9.01. The third-order valence-electron chi connectivity index (χ3n) is 4.59. The number of hydrogen-bond donors (Lipinski definition) is 1. The van der Waals surface area contributed by atoms with Crippen LogP contribution in [0.4, 0.5) is 0 Å². The third-order valence-corrected chi connectivity index (χ3v) is 5.93. The summed E-state index contributed by atoms with van der Waals surface area (Å²) in [7, 11) is -1.04. The second kappa shape index (κ2) is 8.59. The Kier molecular flexibility index (Phi) is 6.18. The van der Waals surface area contributed by atoms with Crippen LogP contribution in [0.25, 0.3) is 11.5 Å². The Morgan fingerprint density at radius 1 is 1.14 bits per heavy atom. The summed E-state index contributed by atoms with van der Waals surface area (Å²) >= 11 is 0. The van der Waals surface area contributed by atoms with Gasteiger partial charge in [-0.15, -0.1) is 5.10 Å². The van der Waals surface area contributed by atoms with Gasteiger partial charge in [-0.3, -0.25) is 4.79 Å². The number of amides is 1. The molecule has 1 aromatic heterocycles. The molecular weight excluding hydrogens is 386 g/mol. The smallest absolute Gasteiger partial charge is 0.336 e. The number of methoxy groups -OCH3 is 2. The van der Waals surface area contributed by atoms with E-state index in [4.69, 9.17) is 13.9 Å². The molecule has 1 aromatic carbocycles. The molecule has 28 heavy (non-hydrogen) atoms. The average Bonchev–Trinajstić information content (AvgIpc) is 3.19. The highest BCUT2D eigenvalue weighted by atomic mass is 32.2. The van der Waals surface area contributed by atoms with E-state index in [1.807, 2.05) is 0 Å². The molecule has 1 aliphatic rings. The van der Waals surface area contributed by atoms with Gasteiger partial charge in [0.25, 0.3) is 0 Å². The molecule has 1 aliphatic carbocycles. The van der Waals surface area contributed by atoms with Crippen LogP contribution in [0.1, 0.15) is 32.1 Å². The van der Waals surface area contributed by atoms with Crippen molar-refractivity contribution in [2.75, 3.05) is 20.0 Å².